The molecule has 0 aliphatic heterocycles. The van der Waals surface area contributed by atoms with Gasteiger partial charge in [-0.15, -0.1) is 0 Å². The number of hydrogen-bond donors (Lipinski definition) is 1. The second-order valence-electron chi connectivity index (χ2n) is 3.84. The molecule has 0 fully saturated rings. The number of rotatable bonds is 3. The van der Waals surface area contributed by atoms with Gasteiger partial charge in [-0.1, -0.05) is 15.9 Å². The molecule has 16 heavy (non-hydrogen) atoms. The van der Waals surface area contributed by atoms with Crippen LogP contribution in [0.1, 0.15) is 19.4 Å². The van der Waals surface area contributed by atoms with Crippen LogP contribution in [0.3, 0.4) is 0 Å². The lowest BCUT2D eigenvalue weighted by Gasteiger charge is -2.22. The third kappa shape index (κ3) is 2.30. The van der Waals surface area contributed by atoms with E-state index in [1.807, 2.05) is 0 Å². The minimum absolute atomic E-state index is 0.0113. The average molecular weight is 293 g/mol. The van der Waals surface area contributed by atoms with Crippen molar-refractivity contribution in [2.24, 2.45) is 0 Å². The highest BCUT2D eigenvalue weighted by Gasteiger charge is 2.28. The molecular formula is C11H14BrFO3. The minimum atomic E-state index is -1.30. The monoisotopic (exact) mass is 292 g/mol. The van der Waals surface area contributed by atoms with Crippen LogP contribution in [0, 0.1) is 5.82 Å². The van der Waals surface area contributed by atoms with E-state index in [0.29, 0.717) is 4.47 Å². The van der Waals surface area contributed by atoms with E-state index in [1.165, 1.54) is 28.1 Å². The molecule has 5 heteroatoms. The van der Waals surface area contributed by atoms with Crippen LogP contribution < -0.4 is 9.47 Å². The molecule has 0 bridgehead atoms. The highest BCUT2D eigenvalue weighted by Crippen LogP contribution is 2.41. The first-order valence-electron chi connectivity index (χ1n) is 4.65. The van der Waals surface area contributed by atoms with Crippen LogP contribution in [0.25, 0.3) is 0 Å². The quantitative estimate of drug-likeness (QED) is 0.931. The van der Waals surface area contributed by atoms with Crippen LogP contribution in [0.15, 0.2) is 10.5 Å². The van der Waals surface area contributed by atoms with Crippen molar-refractivity contribution in [2.75, 3.05) is 14.2 Å². The molecule has 90 valence electrons. The van der Waals surface area contributed by atoms with Crippen LogP contribution in [0.4, 0.5) is 4.39 Å². The van der Waals surface area contributed by atoms with E-state index in [0.717, 1.165) is 0 Å². The molecular weight excluding hydrogens is 279 g/mol. The van der Waals surface area contributed by atoms with Gasteiger partial charge in [0.25, 0.3) is 0 Å². The fourth-order valence-electron chi connectivity index (χ4n) is 1.48. The molecule has 0 saturated heterocycles. The SMILES string of the molecule is COc1cc(Br)c(C(C)(C)O)c(F)c1OC. The van der Waals surface area contributed by atoms with E-state index in [-0.39, 0.29) is 17.1 Å². The van der Waals surface area contributed by atoms with Crippen LogP contribution in [-0.4, -0.2) is 19.3 Å². The van der Waals surface area contributed by atoms with Gasteiger partial charge in [0.1, 0.15) is 0 Å². The topological polar surface area (TPSA) is 38.7 Å². The molecule has 0 unspecified atom stereocenters. The molecule has 1 aromatic rings. The number of halogens is 2. The van der Waals surface area contributed by atoms with Crippen molar-refractivity contribution in [1.29, 1.82) is 0 Å². The van der Waals surface area contributed by atoms with E-state index < -0.39 is 11.4 Å². The Bertz CT molecular complexity index is 399. The maximum atomic E-state index is 14.1. The van der Waals surface area contributed by atoms with Gasteiger partial charge in [0.2, 0.25) is 0 Å². The minimum Gasteiger partial charge on any atom is -0.493 e. The predicted molar refractivity (Wildman–Crippen MR) is 62.4 cm³/mol. The fourth-order valence-corrected chi connectivity index (χ4v) is 2.35. The number of aliphatic hydroxyl groups is 1. The zero-order valence-electron chi connectivity index (χ0n) is 9.60. The molecule has 0 atom stereocenters. The average Bonchev–Trinajstić information content (AvgIpc) is 2.14. The normalized spacial score (nSPS) is 11.4. The lowest BCUT2D eigenvalue weighted by atomic mass is 9.97. The number of hydrogen-bond acceptors (Lipinski definition) is 3. The zero-order valence-corrected chi connectivity index (χ0v) is 11.2. The van der Waals surface area contributed by atoms with Crippen molar-refractivity contribution < 1.29 is 19.0 Å². The Morgan fingerprint density at radius 3 is 2.25 bits per heavy atom. The third-order valence-electron chi connectivity index (χ3n) is 2.18. The molecule has 0 spiro atoms. The largest absolute Gasteiger partial charge is 0.493 e. The third-order valence-corrected chi connectivity index (χ3v) is 2.80. The maximum absolute atomic E-state index is 14.1. The summed E-state index contributed by atoms with van der Waals surface area (Å²) in [6.07, 6.45) is 0. The first kappa shape index (κ1) is 13.3. The molecule has 1 N–H and O–H groups in total. The number of benzene rings is 1. The zero-order chi connectivity index (χ0) is 12.5. The van der Waals surface area contributed by atoms with Gasteiger partial charge in [0.05, 0.1) is 19.8 Å². The van der Waals surface area contributed by atoms with Gasteiger partial charge in [0, 0.05) is 10.0 Å². The predicted octanol–water partition coefficient (Wildman–Crippen LogP) is 2.83. The summed E-state index contributed by atoms with van der Waals surface area (Å²) in [5.41, 5.74) is -1.16. The van der Waals surface area contributed by atoms with E-state index in [9.17, 15) is 9.50 Å². The Kier molecular flexibility index (Phi) is 3.80. The summed E-state index contributed by atoms with van der Waals surface area (Å²) < 4.78 is 24.4. The van der Waals surface area contributed by atoms with E-state index >= 15 is 0 Å². The Labute approximate surface area is 102 Å². The van der Waals surface area contributed by atoms with Gasteiger partial charge in [-0.05, 0) is 19.9 Å². The van der Waals surface area contributed by atoms with Crippen LogP contribution in [-0.2, 0) is 5.60 Å². The van der Waals surface area contributed by atoms with Gasteiger partial charge in [-0.2, -0.15) is 0 Å². The highest BCUT2D eigenvalue weighted by atomic mass is 79.9. The molecule has 0 radical (unpaired) electrons. The van der Waals surface area contributed by atoms with Crippen LogP contribution in [0.2, 0.25) is 0 Å². The van der Waals surface area contributed by atoms with Crippen LogP contribution in [0.5, 0.6) is 11.5 Å². The van der Waals surface area contributed by atoms with Crippen molar-refractivity contribution in [3.63, 3.8) is 0 Å². The Hall–Kier alpha value is -0.810. The van der Waals surface area contributed by atoms with Gasteiger partial charge in [-0.25, -0.2) is 4.39 Å². The highest BCUT2D eigenvalue weighted by molar-refractivity contribution is 9.10. The lowest BCUT2D eigenvalue weighted by molar-refractivity contribution is 0.0729. The molecule has 1 aromatic carbocycles. The summed E-state index contributed by atoms with van der Waals surface area (Å²) in [6, 6.07) is 1.56. The molecule has 0 aromatic heterocycles. The van der Waals surface area contributed by atoms with Crippen LogP contribution >= 0.6 is 15.9 Å². The molecule has 0 saturated carbocycles. The first-order valence-corrected chi connectivity index (χ1v) is 5.45. The molecule has 0 heterocycles. The number of methoxy groups -OCH3 is 2. The molecule has 0 aliphatic rings. The maximum Gasteiger partial charge on any atom is 0.197 e. The van der Waals surface area contributed by atoms with Gasteiger partial charge in [-0.3, -0.25) is 0 Å². The molecule has 0 amide bonds. The molecule has 3 nitrogen and oxygen atoms in total. The van der Waals surface area contributed by atoms with E-state index in [4.69, 9.17) is 9.47 Å². The van der Waals surface area contributed by atoms with Crippen molar-refractivity contribution >= 4 is 15.9 Å². The first-order chi connectivity index (χ1) is 7.32. The summed E-state index contributed by atoms with van der Waals surface area (Å²) in [5, 5.41) is 9.87. The lowest BCUT2D eigenvalue weighted by Crippen LogP contribution is -2.19. The Morgan fingerprint density at radius 2 is 1.88 bits per heavy atom. The number of ether oxygens (including phenoxy) is 2. The molecule has 0 aliphatic carbocycles. The van der Waals surface area contributed by atoms with Crippen molar-refractivity contribution in [1.82, 2.24) is 0 Å². The smallest absolute Gasteiger partial charge is 0.197 e. The standard InChI is InChI=1S/C11H14BrFO3/c1-11(2,14)8-6(12)5-7(15-3)10(16-4)9(8)13/h5,14H,1-4H3. The van der Waals surface area contributed by atoms with Gasteiger partial charge in [0.15, 0.2) is 17.3 Å². The summed E-state index contributed by atoms with van der Waals surface area (Å²) in [5.74, 6) is -0.357. The van der Waals surface area contributed by atoms with Gasteiger partial charge < -0.3 is 14.6 Å². The van der Waals surface area contributed by atoms with Crippen molar-refractivity contribution in [3.05, 3.63) is 21.9 Å². The summed E-state index contributed by atoms with van der Waals surface area (Å²) in [4.78, 5) is 0. The van der Waals surface area contributed by atoms with Crippen molar-refractivity contribution in [3.8, 4) is 11.5 Å². The van der Waals surface area contributed by atoms with E-state index in [1.54, 1.807) is 6.07 Å². The van der Waals surface area contributed by atoms with Crippen molar-refractivity contribution in [2.45, 2.75) is 19.4 Å². The summed E-state index contributed by atoms with van der Waals surface area (Å²) in [7, 11) is 2.77. The van der Waals surface area contributed by atoms with E-state index in [2.05, 4.69) is 15.9 Å². The molecule has 1 rings (SSSR count). The van der Waals surface area contributed by atoms with Gasteiger partial charge >= 0.3 is 0 Å². The fraction of sp³-hybridized carbons (Fsp3) is 0.455. The second-order valence-corrected chi connectivity index (χ2v) is 4.70. The second kappa shape index (κ2) is 4.59. The summed E-state index contributed by atoms with van der Waals surface area (Å²) in [6.45, 7) is 3.00. The summed E-state index contributed by atoms with van der Waals surface area (Å²) >= 11 is 3.20. The Morgan fingerprint density at radius 1 is 1.31 bits per heavy atom. The Balaban J connectivity index is 3.54.